The highest BCUT2D eigenvalue weighted by molar-refractivity contribution is 5.70. The molecule has 28 rings (SSSR count). The van der Waals surface area contributed by atoms with Crippen molar-refractivity contribution < 1.29 is 44.3 Å². The highest BCUT2D eigenvalue weighted by atomic mass is 15.0. The molecular formula is C125H142N7+7. The summed E-state index contributed by atoms with van der Waals surface area (Å²) in [6.07, 6.45) is 28.9. The van der Waals surface area contributed by atoms with Gasteiger partial charge in [0, 0.05) is 138 Å². The molecule has 7 aromatic carbocycles. The summed E-state index contributed by atoms with van der Waals surface area (Å²) in [5, 5.41) is 0. The molecule has 0 radical (unpaired) electrons. The minimum absolute atomic E-state index is 0.127. The maximum atomic E-state index is 8.73. The zero-order valence-electron chi connectivity index (χ0n) is 90.4. The van der Waals surface area contributed by atoms with Gasteiger partial charge in [0.05, 0.1) is 0 Å². The monoisotopic (exact) mass is 1750 g/mol. The molecule has 7 heterocycles. The Hall–Kier alpha value is -11.4. The Kier molecular flexibility index (Phi) is 21.4. The molecule has 14 aliphatic carbocycles. The fourth-order valence-electron chi connectivity index (χ4n) is 25.1. The summed E-state index contributed by atoms with van der Waals surface area (Å²) in [6, 6.07) is 74.7. The van der Waals surface area contributed by atoms with E-state index in [2.05, 4.69) is 319 Å². The van der Waals surface area contributed by atoms with Crippen molar-refractivity contribution in [3.05, 3.63) is 373 Å². The predicted molar refractivity (Wildman–Crippen MR) is 539 cm³/mol. The average Bonchev–Trinajstić information content (AvgIpc) is 1.52. The molecule has 670 valence electrons. The topological polar surface area (TPSA) is 27.2 Å². The third kappa shape index (κ3) is 16.5. The Bertz CT molecular complexity index is 7260. The van der Waals surface area contributed by atoms with Crippen LogP contribution in [0.2, 0.25) is 0 Å². The van der Waals surface area contributed by atoms with Gasteiger partial charge in [-0.25, -0.2) is 32.0 Å². The molecule has 14 aliphatic rings. The Morgan fingerprint density at radius 2 is 0.697 bits per heavy atom. The molecule has 0 spiro atoms. The number of aromatic nitrogens is 7. The molecule has 7 heteroatoms. The van der Waals surface area contributed by atoms with Crippen LogP contribution in [0.25, 0.3) is 78.8 Å². The quantitative estimate of drug-likeness (QED) is 0.142. The highest BCUT2D eigenvalue weighted by Gasteiger charge is 2.61. The molecule has 132 heavy (non-hydrogen) atoms. The number of aryl methyl sites for hydroxylation is 17. The molecule has 5 fully saturated rings. The molecule has 14 aromatic rings. The number of rotatable bonds is 7. The normalized spacial score (nSPS) is 25.7. The van der Waals surface area contributed by atoms with E-state index in [9.17, 15) is 0 Å². The van der Waals surface area contributed by atoms with E-state index >= 15 is 0 Å². The highest BCUT2D eigenvalue weighted by Crippen LogP contribution is 2.68. The van der Waals surface area contributed by atoms with Crippen molar-refractivity contribution in [2.24, 2.45) is 66.6 Å². The SMILES string of the molecule is Cc1ccccc1-c1cc2c(c[n+]1C)C1(C)CCC2C1(C)C.Cc1ccccc1-c1cc2c(c[n+]1C)C1CCC2C1.Cc1ccccc1-c1cc2c(c[n+]1C)CC1CC2C1.[2H]C1([2H])CC([2H])([2H])c2c1cc[n+](C)c2-c1ccccc1C.[2H]C1([2H])CCc2c[n+](C)c(-c3ccccc3C)cc21.[2H]C12CC(Cc3c[n+](C)c(-c4ccccc4C)cc31)C2.[2H]C12CCC([2H])(C1)c1c[n+](C)c(-c3ccccc3C)cc12. The van der Waals surface area contributed by atoms with Crippen LogP contribution in [-0.2, 0) is 93.1 Å². The lowest BCUT2D eigenvalue weighted by atomic mass is 9.63. The first-order chi connectivity index (χ1) is 67.0. The first-order valence-corrected chi connectivity index (χ1v) is 49.2. The number of nitrogens with zero attached hydrogens (tertiary/aromatic N) is 7. The van der Waals surface area contributed by atoms with Gasteiger partial charge in [-0.05, 0) is 356 Å². The van der Waals surface area contributed by atoms with Gasteiger partial charge in [-0.1, -0.05) is 148 Å². The van der Waals surface area contributed by atoms with Crippen LogP contribution in [0.5, 0.6) is 0 Å². The molecule has 0 aliphatic heterocycles. The molecule has 10 bridgehead atoms. The molecule has 0 saturated heterocycles. The molecule has 0 N–H and O–H groups in total. The molecule has 7 aromatic heterocycles. The van der Waals surface area contributed by atoms with Crippen LogP contribution in [0.3, 0.4) is 0 Å². The summed E-state index contributed by atoms with van der Waals surface area (Å²) in [6.45, 7) is 22.4. The Labute approximate surface area is 801 Å². The number of hydrogen-bond donors (Lipinski definition) is 0. The van der Waals surface area contributed by atoms with E-state index in [0.717, 1.165) is 124 Å². The number of fused-ring (bicyclic) bond motifs is 17. The second-order valence-electron chi connectivity index (χ2n) is 41.6. The summed E-state index contributed by atoms with van der Waals surface area (Å²) in [4.78, 5) is 0. The Morgan fingerprint density at radius 1 is 0.303 bits per heavy atom. The fourth-order valence-corrected chi connectivity index (χ4v) is 25.1. The molecule has 7 nitrogen and oxygen atoms in total. The van der Waals surface area contributed by atoms with Crippen LogP contribution in [-0.4, -0.2) is 0 Å². The van der Waals surface area contributed by atoms with Gasteiger partial charge in [-0.2, -0.15) is 0 Å². The second kappa shape index (κ2) is 36.2. The third-order valence-corrected chi connectivity index (χ3v) is 33.1. The van der Waals surface area contributed by atoms with E-state index in [1.54, 1.807) is 39.4 Å². The first kappa shape index (κ1) is 78.1. The largest absolute Gasteiger partial charge is 0.216 e. The molecule has 6 atom stereocenters. The Balaban J connectivity index is 0.000000101. The van der Waals surface area contributed by atoms with Gasteiger partial charge in [0.2, 0.25) is 39.9 Å². The van der Waals surface area contributed by atoms with Crippen molar-refractivity contribution >= 4 is 0 Å². The molecule has 5 saturated carbocycles. The minimum Gasteiger partial charge on any atom is -0.201 e. The van der Waals surface area contributed by atoms with Gasteiger partial charge in [0.15, 0.2) is 43.4 Å². The van der Waals surface area contributed by atoms with Crippen molar-refractivity contribution in [1.82, 2.24) is 0 Å². The van der Waals surface area contributed by atoms with E-state index < -0.39 is 30.9 Å². The second-order valence-corrected chi connectivity index (χ2v) is 41.6. The van der Waals surface area contributed by atoms with E-state index in [-0.39, 0.29) is 12.3 Å². The van der Waals surface area contributed by atoms with Gasteiger partial charge >= 0.3 is 0 Å². The average molecular weight is 1750 g/mol. The maximum Gasteiger partial charge on any atom is 0.216 e. The lowest BCUT2D eigenvalue weighted by Crippen LogP contribution is -2.37. The first-order valence-electron chi connectivity index (χ1n) is 53.7. The van der Waals surface area contributed by atoms with Crippen molar-refractivity contribution in [3.63, 3.8) is 0 Å². The lowest BCUT2D eigenvalue weighted by molar-refractivity contribution is -0.661. The summed E-state index contributed by atoms with van der Waals surface area (Å²) in [7, 11) is 14.7. The van der Waals surface area contributed by atoms with Crippen LogP contribution in [0, 0.1) is 65.7 Å². The summed E-state index contributed by atoms with van der Waals surface area (Å²) < 4.78 is 90.4. The van der Waals surface area contributed by atoms with E-state index in [0.29, 0.717) is 34.8 Å². The van der Waals surface area contributed by atoms with Crippen molar-refractivity contribution in [3.8, 4) is 78.8 Å². The zero-order valence-corrected chi connectivity index (χ0v) is 81.4. The standard InChI is InChI=1S/C21H26N.4C18H20N.2C16H18N/c1-14-8-6-7-9-15(14)19-12-16-17-10-11-21(4,20(17,2)3)18(16)13-22(19)5;2*1-12-5-3-4-6-16(12)18-10-17-14-7-13(8-14)9-15(17)11-19(18)2;2*1-12-5-3-4-6-15(12)18-10-16-13-7-8-14(9-13)17(16)11-19(18)2;1-12-6-3-4-9-15(12)16-10-13-7-5-8-14(13)11-17(16)2;1-12-6-3-4-8-14(12)16-15-9-5-7-13(15)10-11-17(16)2/h6-9,12-13,17H,10-11H2,1-5H3;4*3-6,10-11,13-14H,7-9H2,1-2H3;3-4,6,9-11H,5,7-8H2,1-2H3;3-4,6,8,10-11H,5,7,9H2,1-2H3/q7*+1/i;14D;;13D,14D;;7D2;7D2,9D2. The van der Waals surface area contributed by atoms with Crippen LogP contribution >= 0.6 is 0 Å². The zero-order chi connectivity index (χ0) is 99.4. The lowest BCUT2D eigenvalue weighted by Gasteiger charge is -2.41. The summed E-state index contributed by atoms with van der Waals surface area (Å²) in [5.41, 5.74) is 44.1. The third-order valence-electron chi connectivity index (χ3n) is 33.1. The predicted octanol–water partition coefficient (Wildman–Crippen LogP) is 25.4. The smallest absolute Gasteiger partial charge is 0.201 e. The van der Waals surface area contributed by atoms with Crippen molar-refractivity contribution in [1.29, 1.82) is 0 Å². The van der Waals surface area contributed by atoms with Crippen molar-refractivity contribution in [2.45, 2.75) is 244 Å². The van der Waals surface area contributed by atoms with Crippen LogP contribution in [0.15, 0.2) is 256 Å². The van der Waals surface area contributed by atoms with Gasteiger partial charge < -0.3 is 0 Å². The van der Waals surface area contributed by atoms with Gasteiger partial charge in [-0.3, -0.25) is 0 Å². The molecule has 0 amide bonds. The van der Waals surface area contributed by atoms with Crippen molar-refractivity contribution in [2.75, 3.05) is 0 Å². The van der Waals surface area contributed by atoms with Crippen LogP contribution in [0.4, 0.5) is 0 Å². The fraction of sp³-hybridized carbons (Fsp3) is 0.384. The number of hydrogen-bond acceptors (Lipinski definition) is 0. The van der Waals surface area contributed by atoms with E-state index in [1.165, 1.54) is 152 Å². The maximum absolute atomic E-state index is 8.73. The van der Waals surface area contributed by atoms with Crippen LogP contribution < -0.4 is 32.0 Å². The molecule has 6 unspecified atom stereocenters. The summed E-state index contributed by atoms with van der Waals surface area (Å²) in [5.74, 6) is 3.60. The van der Waals surface area contributed by atoms with Gasteiger partial charge in [0.25, 0.3) is 0 Å². The number of benzene rings is 7. The summed E-state index contributed by atoms with van der Waals surface area (Å²) >= 11 is 0. The van der Waals surface area contributed by atoms with E-state index in [4.69, 9.17) is 12.3 Å². The molecular weight excluding hydrogens is 1600 g/mol. The van der Waals surface area contributed by atoms with Gasteiger partial charge in [-0.15, -0.1) is 0 Å². The van der Waals surface area contributed by atoms with Gasteiger partial charge in [0.1, 0.15) is 49.3 Å². The Morgan fingerprint density at radius 3 is 1.20 bits per heavy atom. The number of pyridine rings is 7. The minimum atomic E-state index is -1.66. The van der Waals surface area contributed by atoms with E-state index in [1.807, 2.05) is 81.3 Å². The van der Waals surface area contributed by atoms with Crippen LogP contribution in [0.1, 0.15) is 281 Å².